The number of nitrogens with zero attached hydrogens (tertiary/aromatic N) is 3. The van der Waals surface area contributed by atoms with Crippen molar-refractivity contribution in [3.05, 3.63) is 0 Å². The molecule has 0 aliphatic carbocycles. The Kier molecular flexibility index (Phi) is 2.50. The van der Waals surface area contributed by atoms with E-state index < -0.39 is 0 Å². The fourth-order valence-corrected chi connectivity index (χ4v) is 0.533. The van der Waals surface area contributed by atoms with Crippen molar-refractivity contribution in [1.82, 2.24) is 20.6 Å². The molecule has 0 spiro atoms. The lowest BCUT2D eigenvalue weighted by atomic mass is 10.4. The lowest BCUT2D eigenvalue weighted by Crippen LogP contribution is -2.16. The van der Waals surface area contributed by atoms with E-state index in [0.717, 1.165) is 0 Å². The number of aromatic amines is 1. The Morgan fingerprint density at radius 1 is 1.73 bits per heavy atom. The number of carbonyl (C=O) groups excluding carboxylic acids is 1. The summed E-state index contributed by atoms with van der Waals surface area (Å²) in [6.07, 6.45) is 0.258. The molecule has 0 aliphatic heterocycles. The molecule has 11 heavy (non-hydrogen) atoms. The van der Waals surface area contributed by atoms with Crippen LogP contribution in [0.5, 0.6) is 0 Å². The Labute approximate surface area is 62.4 Å². The maximum atomic E-state index is 10.8. The fraction of sp³-hybridized carbons (Fsp3) is 0.500. The van der Waals surface area contributed by atoms with Crippen LogP contribution < -0.4 is 11.1 Å². The fourth-order valence-electron chi connectivity index (χ4n) is 0.533. The van der Waals surface area contributed by atoms with E-state index in [1.54, 1.807) is 0 Å². The minimum Gasteiger partial charge on any atom is -0.330 e. The lowest BCUT2D eigenvalue weighted by Gasteiger charge is -1.95. The maximum absolute atomic E-state index is 10.8. The van der Waals surface area contributed by atoms with Gasteiger partial charge in [-0.25, -0.2) is 0 Å². The van der Waals surface area contributed by atoms with Crippen LogP contribution in [-0.2, 0) is 4.79 Å². The van der Waals surface area contributed by atoms with Crippen molar-refractivity contribution in [3.8, 4) is 0 Å². The van der Waals surface area contributed by atoms with Crippen LogP contribution >= 0.6 is 0 Å². The highest BCUT2D eigenvalue weighted by molar-refractivity contribution is 5.88. The standard InChI is InChI=1S/C4H8N6O/c5-2-1-3(11)6-4-7-9-10-8-4/h1-2,5H2,(H2,6,7,8,9,10,11). The maximum Gasteiger partial charge on any atom is 0.269 e. The summed E-state index contributed by atoms with van der Waals surface area (Å²) in [5.74, 6) is -0.0441. The summed E-state index contributed by atoms with van der Waals surface area (Å²) in [4.78, 5) is 10.8. The Morgan fingerprint density at radius 3 is 3.09 bits per heavy atom. The number of anilines is 1. The van der Waals surface area contributed by atoms with Crippen LogP contribution in [0.3, 0.4) is 0 Å². The number of amides is 1. The molecule has 0 saturated carbocycles. The highest BCUT2D eigenvalue weighted by Crippen LogP contribution is 1.90. The predicted molar refractivity (Wildman–Crippen MR) is 36.5 cm³/mol. The molecular formula is C4H8N6O. The summed E-state index contributed by atoms with van der Waals surface area (Å²) in [6, 6.07) is 0. The molecule has 0 aliphatic rings. The van der Waals surface area contributed by atoms with E-state index in [2.05, 4.69) is 25.9 Å². The second-order valence-electron chi connectivity index (χ2n) is 1.82. The van der Waals surface area contributed by atoms with E-state index in [1.807, 2.05) is 0 Å². The molecule has 1 aromatic rings. The molecule has 7 nitrogen and oxygen atoms in total. The first kappa shape index (κ1) is 7.61. The summed E-state index contributed by atoms with van der Waals surface area (Å²) < 4.78 is 0. The van der Waals surface area contributed by atoms with Crippen molar-refractivity contribution in [2.24, 2.45) is 5.73 Å². The van der Waals surface area contributed by atoms with E-state index >= 15 is 0 Å². The van der Waals surface area contributed by atoms with Crippen LogP contribution in [-0.4, -0.2) is 33.1 Å². The number of tetrazole rings is 1. The summed E-state index contributed by atoms with van der Waals surface area (Å²) in [6.45, 7) is 0.309. The van der Waals surface area contributed by atoms with Crippen molar-refractivity contribution in [2.45, 2.75) is 6.42 Å². The summed E-state index contributed by atoms with van der Waals surface area (Å²) in [5, 5.41) is 14.9. The van der Waals surface area contributed by atoms with Gasteiger partial charge in [0, 0.05) is 13.0 Å². The third-order valence-corrected chi connectivity index (χ3v) is 0.968. The molecule has 0 atom stereocenters. The molecule has 1 amide bonds. The van der Waals surface area contributed by atoms with Gasteiger partial charge in [0.15, 0.2) is 0 Å². The number of hydrogen-bond acceptors (Lipinski definition) is 5. The van der Waals surface area contributed by atoms with E-state index in [0.29, 0.717) is 6.54 Å². The first-order valence-electron chi connectivity index (χ1n) is 3.06. The van der Waals surface area contributed by atoms with Gasteiger partial charge in [0.25, 0.3) is 5.95 Å². The van der Waals surface area contributed by atoms with E-state index in [9.17, 15) is 4.79 Å². The van der Waals surface area contributed by atoms with Gasteiger partial charge in [-0.2, -0.15) is 5.21 Å². The van der Waals surface area contributed by atoms with Crippen LogP contribution in [0.25, 0.3) is 0 Å². The number of aromatic nitrogens is 4. The lowest BCUT2D eigenvalue weighted by molar-refractivity contribution is -0.116. The summed E-state index contributed by atoms with van der Waals surface area (Å²) in [5.41, 5.74) is 5.13. The zero-order valence-electron chi connectivity index (χ0n) is 5.74. The predicted octanol–water partition coefficient (Wildman–Crippen LogP) is -1.51. The Balaban J connectivity index is 2.37. The van der Waals surface area contributed by atoms with Gasteiger partial charge in [-0.05, 0) is 5.21 Å². The molecule has 0 fully saturated rings. The molecule has 4 N–H and O–H groups in total. The quantitative estimate of drug-likeness (QED) is 0.492. The van der Waals surface area contributed by atoms with Crippen molar-refractivity contribution in [1.29, 1.82) is 0 Å². The third-order valence-electron chi connectivity index (χ3n) is 0.968. The number of H-pyrrole nitrogens is 1. The van der Waals surface area contributed by atoms with Gasteiger partial charge in [-0.1, -0.05) is 5.10 Å². The zero-order chi connectivity index (χ0) is 8.10. The number of rotatable bonds is 3. The van der Waals surface area contributed by atoms with Gasteiger partial charge in [-0.15, -0.1) is 5.10 Å². The molecule has 0 radical (unpaired) electrons. The van der Waals surface area contributed by atoms with Gasteiger partial charge in [0.1, 0.15) is 0 Å². The molecule has 0 bridgehead atoms. The number of nitrogens with two attached hydrogens (primary N) is 1. The average molecular weight is 156 g/mol. The Hall–Kier alpha value is -1.50. The van der Waals surface area contributed by atoms with Crippen molar-refractivity contribution >= 4 is 11.9 Å². The monoisotopic (exact) mass is 156 g/mol. The van der Waals surface area contributed by atoms with Crippen LogP contribution in [0.4, 0.5) is 5.95 Å². The first-order valence-corrected chi connectivity index (χ1v) is 3.06. The van der Waals surface area contributed by atoms with E-state index in [-0.39, 0.29) is 18.3 Å². The van der Waals surface area contributed by atoms with Gasteiger partial charge >= 0.3 is 0 Å². The summed E-state index contributed by atoms with van der Waals surface area (Å²) >= 11 is 0. The highest BCUT2D eigenvalue weighted by atomic mass is 16.1. The van der Waals surface area contributed by atoms with Gasteiger partial charge in [-0.3, -0.25) is 10.1 Å². The highest BCUT2D eigenvalue weighted by Gasteiger charge is 2.02. The van der Waals surface area contributed by atoms with Crippen LogP contribution in [0.1, 0.15) is 6.42 Å². The van der Waals surface area contributed by atoms with Gasteiger partial charge in [0.2, 0.25) is 5.91 Å². The normalized spacial score (nSPS) is 9.55. The van der Waals surface area contributed by atoms with Crippen LogP contribution in [0.2, 0.25) is 0 Å². The van der Waals surface area contributed by atoms with Crippen LogP contribution in [0.15, 0.2) is 0 Å². The second-order valence-corrected chi connectivity index (χ2v) is 1.82. The molecule has 1 aromatic heterocycles. The van der Waals surface area contributed by atoms with Gasteiger partial charge < -0.3 is 5.73 Å². The number of nitrogens with one attached hydrogen (secondary N) is 2. The van der Waals surface area contributed by atoms with Crippen LogP contribution in [0, 0.1) is 0 Å². The second kappa shape index (κ2) is 3.62. The molecular weight excluding hydrogens is 148 g/mol. The molecule has 7 heteroatoms. The van der Waals surface area contributed by atoms with Crippen molar-refractivity contribution in [3.63, 3.8) is 0 Å². The molecule has 0 unspecified atom stereocenters. The third kappa shape index (κ3) is 2.30. The number of hydrogen-bond donors (Lipinski definition) is 3. The van der Waals surface area contributed by atoms with Gasteiger partial charge in [0.05, 0.1) is 0 Å². The molecule has 1 heterocycles. The average Bonchev–Trinajstić information content (AvgIpc) is 2.40. The topological polar surface area (TPSA) is 110 Å². The van der Waals surface area contributed by atoms with E-state index in [4.69, 9.17) is 5.73 Å². The Morgan fingerprint density at radius 2 is 2.55 bits per heavy atom. The summed E-state index contributed by atoms with van der Waals surface area (Å²) in [7, 11) is 0. The molecule has 60 valence electrons. The minimum absolute atomic E-state index is 0.170. The first-order chi connectivity index (χ1) is 5.33. The SMILES string of the molecule is NCCC(=O)Nc1nn[nH]n1. The zero-order valence-corrected chi connectivity index (χ0v) is 5.74. The molecule has 1 rings (SSSR count). The van der Waals surface area contributed by atoms with Crippen molar-refractivity contribution in [2.75, 3.05) is 11.9 Å². The largest absolute Gasteiger partial charge is 0.330 e. The molecule has 0 aromatic carbocycles. The van der Waals surface area contributed by atoms with Crippen molar-refractivity contribution < 1.29 is 4.79 Å². The Bertz CT molecular complexity index is 218. The van der Waals surface area contributed by atoms with E-state index in [1.165, 1.54) is 0 Å². The number of carbonyl (C=O) groups is 1. The smallest absolute Gasteiger partial charge is 0.269 e. The molecule has 0 saturated heterocycles. The minimum atomic E-state index is -0.214.